The van der Waals surface area contributed by atoms with E-state index < -0.39 is 0 Å². The van der Waals surface area contributed by atoms with Gasteiger partial charge in [0, 0.05) is 19.0 Å². The van der Waals surface area contributed by atoms with Gasteiger partial charge in [0.25, 0.3) is 0 Å². The van der Waals surface area contributed by atoms with Crippen LogP contribution in [-0.4, -0.2) is 31.2 Å². The van der Waals surface area contributed by atoms with Crippen LogP contribution in [0.5, 0.6) is 0 Å². The molecule has 4 heteroatoms. The summed E-state index contributed by atoms with van der Waals surface area (Å²) in [5.74, 6) is 0.523. The SMILES string of the molecule is N[C@@H]1CCC[C@H]1CC(=O)NCCOC1CCCCCC1. The molecule has 3 N–H and O–H groups in total. The third-order valence-electron chi connectivity index (χ3n) is 4.75. The molecule has 1 amide bonds. The number of hydrogen-bond donors (Lipinski definition) is 2. The average Bonchev–Trinajstić information content (AvgIpc) is 2.68. The minimum absolute atomic E-state index is 0.136. The number of carbonyl (C=O) groups is 1. The molecular formula is C16H30N2O2. The van der Waals surface area contributed by atoms with Gasteiger partial charge in [0.1, 0.15) is 0 Å². The van der Waals surface area contributed by atoms with E-state index in [9.17, 15) is 4.79 Å². The lowest BCUT2D eigenvalue weighted by Gasteiger charge is -2.17. The van der Waals surface area contributed by atoms with Crippen LogP contribution < -0.4 is 11.1 Å². The van der Waals surface area contributed by atoms with Gasteiger partial charge in [-0.2, -0.15) is 0 Å². The molecule has 0 unspecified atom stereocenters. The number of ether oxygens (including phenoxy) is 1. The first kappa shape index (κ1) is 15.8. The van der Waals surface area contributed by atoms with Crippen LogP contribution in [0.15, 0.2) is 0 Å². The van der Waals surface area contributed by atoms with Gasteiger partial charge >= 0.3 is 0 Å². The van der Waals surface area contributed by atoms with Crippen LogP contribution in [0.1, 0.15) is 64.2 Å². The Balaban J connectivity index is 1.52. The predicted octanol–water partition coefficient (Wildman–Crippen LogP) is 2.36. The molecule has 0 aromatic carbocycles. The van der Waals surface area contributed by atoms with Crippen molar-refractivity contribution in [3.05, 3.63) is 0 Å². The Morgan fingerprint density at radius 1 is 1.05 bits per heavy atom. The van der Waals surface area contributed by atoms with Crippen LogP contribution in [0.4, 0.5) is 0 Å². The first-order valence-corrected chi connectivity index (χ1v) is 8.39. The topological polar surface area (TPSA) is 64.4 Å². The van der Waals surface area contributed by atoms with Crippen LogP contribution in [0, 0.1) is 5.92 Å². The van der Waals surface area contributed by atoms with Crippen LogP contribution in [-0.2, 0) is 9.53 Å². The van der Waals surface area contributed by atoms with Gasteiger partial charge in [0.05, 0.1) is 12.7 Å². The molecule has 0 saturated heterocycles. The average molecular weight is 282 g/mol. The van der Waals surface area contributed by atoms with Gasteiger partial charge in [-0.1, -0.05) is 32.1 Å². The number of carbonyl (C=O) groups excluding carboxylic acids is 1. The molecule has 0 spiro atoms. The summed E-state index contributed by atoms with van der Waals surface area (Å²) >= 11 is 0. The van der Waals surface area contributed by atoms with Crippen LogP contribution >= 0.6 is 0 Å². The fourth-order valence-corrected chi connectivity index (χ4v) is 3.45. The maximum absolute atomic E-state index is 11.8. The molecule has 0 aromatic rings. The van der Waals surface area contributed by atoms with Crippen molar-refractivity contribution >= 4 is 5.91 Å². The van der Waals surface area contributed by atoms with Crippen molar-refractivity contribution < 1.29 is 9.53 Å². The van der Waals surface area contributed by atoms with Gasteiger partial charge in [0.15, 0.2) is 0 Å². The largest absolute Gasteiger partial charge is 0.376 e. The van der Waals surface area contributed by atoms with E-state index >= 15 is 0 Å². The highest BCUT2D eigenvalue weighted by atomic mass is 16.5. The summed E-state index contributed by atoms with van der Waals surface area (Å²) in [6, 6.07) is 0.225. The lowest BCUT2D eigenvalue weighted by atomic mass is 10.00. The van der Waals surface area contributed by atoms with Crippen molar-refractivity contribution in [3.63, 3.8) is 0 Å². The molecule has 0 bridgehead atoms. The van der Waals surface area contributed by atoms with Crippen molar-refractivity contribution in [2.45, 2.75) is 76.4 Å². The van der Waals surface area contributed by atoms with Crippen LogP contribution in [0.25, 0.3) is 0 Å². The van der Waals surface area contributed by atoms with E-state index in [1.165, 1.54) is 44.9 Å². The third kappa shape index (κ3) is 5.41. The minimum Gasteiger partial charge on any atom is -0.376 e. The molecule has 0 aromatic heterocycles. The predicted molar refractivity (Wildman–Crippen MR) is 80.4 cm³/mol. The molecule has 0 aliphatic heterocycles. The normalized spacial score (nSPS) is 28.2. The maximum Gasteiger partial charge on any atom is 0.220 e. The number of amides is 1. The Labute approximate surface area is 122 Å². The van der Waals surface area contributed by atoms with E-state index in [4.69, 9.17) is 10.5 Å². The van der Waals surface area contributed by atoms with E-state index in [0.29, 0.717) is 31.6 Å². The molecule has 0 heterocycles. The molecule has 2 atom stereocenters. The van der Waals surface area contributed by atoms with Crippen molar-refractivity contribution in [2.24, 2.45) is 11.7 Å². The lowest BCUT2D eigenvalue weighted by molar-refractivity contribution is -0.122. The molecule has 0 radical (unpaired) electrons. The molecule has 2 aliphatic rings. The fourth-order valence-electron chi connectivity index (χ4n) is 3.45. The van der Waals surface area contributed by atoms with E-state index in [1.807, 2.05) is 0 Å². The Morgan fingerprint density at radius 2 is 1.80 bits per heavy atom. The Bertz CT molecular complexity index is 288. The molecule has 2 aliphatic carbocycles. The monoisotopic (exact) mass is 282 g/mol. The number of nitrogens with two attached hydrogens (primary N) is 1. The molecule has 2 saturated carbocycles. The summed E-state index contributed by atoms with van der Waals surface area (Å²) < 4.78 is 5.87. The van der Waals surface area contributed by atoms with E-state index in [0.717, 1.165) is 12.8 Å². The lowest BCUT2D eigenvalue weighted by Crippen LogP contribution is -2.33. The van der Waals surface area contributed by atoms with Crippen molar-refractivity contribution in [1.29, 1.82) is 0 Å². The Kier molecular flexibility index (Phi) is 6.80. The van der Waals surface area contributed by atoms with Gasteiger partial charge in [-0.25, -0.2) is 0 Å². The molecular weight excluding hydrogens is 252 g/mol. The Hall–Kier alpha value is -0.610. The van der Waals surface area contributed by atoms with Gasteiger partial charge in [-0.05, 0) is 31.6 Å². The van der Waals surface area contributed by atoms with Crippen molar-refractivity contribution in [2.75, 3.05) is 13.2 Å². The second kappa shape index (κ2) is 8.63. The highest BCUT2D eigenvalue weighted by Gasteiger charge is 2.25. The highest BCUT2D eigenvalue weighted by molar-refractivity contribution is 5.76. The van der Waals surface area contributed by atoms with Crippen molar-refractivity contribution in [1.82, 2.24) is 5.32 Å². The van der Waals surface area contributed by atoms with E-state index in [-0.39, 0.29) is 11.9 Å². The van der Waals surface area contributed by atoms with Gasteiger partial charge in [-0.15, -0.1) is 0 Å². The zero-order chi connectivity index (χ0) is 14.2. The molecule has 20 heavy (non-hydrogen) atoms. The summed E-state index contributed by atoms with van der Waals surface area (Å²) in [6.45, 7) is 1.28. The van der Waals surface area contributed by atoms with Gasteiger partial charge in [0.2, 0.25) is 5.91 Å². The first-order valence-electron chi connectivity index (χ1n) is 8.39. The minimum atomic E-state index is 0.136. The molecule has 2 fully saturated rings. The summed E-state index contributed by atoms with van der Waals surface area (Å²) in [7, 11) is 0. The van der Waals surface area contributed by atoms with Crippen molar-refractivity contribution in [3.8, 4) is 0 Å². The second-order valence-electron chi connectivity index (χ2n) is 6.39. The second-order valence-corrected chi connectivity index (χ2v) is 6.39. The first-order chi connectivity index (χ1) is 9.75. The Morgan fingerprint density at radius 3 is 2.45 bits per heavy atom. The maximum atomic E-state index is 11.8. The zero-order valence-corrected chi connectivity index (χ0v) is 12.6. The highest BCUT2D eigenvalue weighted by Crippen LogP contribution is 2.26. The zero-order valence-electron chi connectivity index (χ0n) is 12.6. The standard InChI is InChI=1S/C16H30N2O2/c17-15-9-5-6-13(15)12-16(19)18-10-11-20-14-7-3-1-2-4-8-14/h13-15H,1-12,17H2,(H,18,19)/t13-,15+/m0/s1. The van der Waals surface area contributed by atoms with Crippen LogP contribution in [0.3, 0.4) is 0 Å². The van der Waals surface area contributed by atoms with E-state index in [1.54, 1.807) is 0 Å². The smallest absolute Gasteiger partial charge is 0.220 e. The summed E-state index contributed by atoms with van der Waals surface area (Å²) in [5, 5.41) is 2.97. The van der Waals surface area contributed by atoms with E-state index in [2.05, 4.69) is 5.32 Å². The summed E-state index contributed by atoms with van der Waals surface area (Å²) in [4.78, 5) is 11.8. The summed E-state index contributed by atoms with van der Waals surface area (Å²) in [6.07, 6.45) is 12.0. The fraction of sp³-hybridized carbons (Fsp3) is 0.938. The molecule has 2 rings (SSSR count). The summed E-state index contributed by atoms with van der Waals surface area (Å²) in [5.41, 5.74) is 5.99. The van der Waals surface area contributed by atoms with Gasteiger partial charge < -0.3 is 15.8 Å². The van der Waals surface area contributed by atoms with Crippen LogP contribution in [0.2, 0.25) is 0 Å². The molecule has 116 valence electrons. The number of nitrogens with one attached hydrogen (secondary N) is 1. The number of hydrogen-bond acceptors (Lipinski definition) is 3. The van der Waals surface area contributed by atoms with Gasteiger partial charge in [-0.3, -0.25) is 4.79 Å². The third-order valence-corrected chi connectivity index (χ3v) is 4.75. The molecule has 4 nitrogen and oxygen atoms in total. The quantitative estimate of drug-likeness (QED) is 0.580. The number of rotatable bonds is 6.